The largest absolute Gasteiger partial charge is 0.464 e. The highest BCUT2D eigenvalue weighted by molar-refractivity contribution is 5.67. The average molecular weight is 214 g/mol. The molecule has 1 aliphatic carbocycles. The molecule has 2 aliphatic rings. The van der Waals surface area contributed by atoms with Crippen LogP contribution in [0.2, 0.25) is 0 Å². The lowest BCUT2D eigenvalue weighted by molar-refractivity contribution is 0.565. The third-order valence-electron chi connectivity index (χ3n) is 2.24. The van der Waals surface area contributed by atoms with Crippen molar-refractivity contribution < 1.29 is 4.42 Å². The van der Waals surface area contributed by atoms with E-state index in [0.717, 1.165) is 0 Å². The van der Waals surface area contributed by atoms with Gasteiger partial charge in [0.2, 0.25) is 5.82 Å². The standard InChI is InChI=1S/C10H6N4O2/c15-8-4-6(10-11-13-14-12-10)5-9-7(8)2-1-3-16-9/h1-5H,(H,11,12,13,14). The molecule has 78 valence electrons. The molecule has 0 atom stereocenters. The Balaban J connectivity index is 2.31. The number of aromatic nitrogens is 4. The van der Waals surface area contributed by atoms with E-state index in [4.69, 9.17) is 4.42 Å². The fraction of sp³-hybridized carbons (Fsp3) is 0. The molecule has 0 saturated carbocycles. The van der Waals surface area contributed by atoms with Crippen LogP contribution in [0.3, 0.4) is 0 Å². The van der Waals surface area contributed by atoms with Gasteiger partial charge >= 0.3 is 0 Å². The van der Waals surface area contributed by atoms with E-state index in [1.54, 1.807) is 18.2 Å². The Morgan fingerprint density at radius 2 is 2.25 bits per heavy atom. The first-order valence-corrected chi connectivity index (χ1v) is 4.60. The SMILES string of the molecule is O=c1cc(-c2nn[nH]n2)cc2occcc1-2. The van der Waals surface area contributed by atoms with Crippen LogP contribution in [0.5, 0.6) is 0 Å². The molecule has 6 nitrogen and oxygen atoms in total. The second-order valence-corrected chi connectivity index (χ2v) is 3.23. The molecule has 0 fully saturated rings. The van der Waals surface area contributed by atoms with Gasteiger partial charge in [0.15, 0.2) is 5.43 Å². The predicted molar refractivity (Wildman–Crippen MR) is 54.8 cm³/mol. The fourth-order valence-electron chi connectivity index (χ4n) is 1.52. The molecule has 1 aromatic rings. The maximum Gasteiger partial charge on any atom is 0.204 e. The van der Waals surface area contributed by atoms with Gasteiger partial charge < -0.3 is 4.42 Å². The molecule has 0 amide bonds. The van der Waals surface area contributed by atoms with Crippen molar-refractivity contribution >= 4 is 0 Å². The highest BCUT2D eigenvalue weighted by Crippen LogP contribution is 2.22. The summed E-state index contributed by atoms with van der Waals surface area (Å²) >= 11 is 0. The number of fused-ring (bicyclic) bond motifs is 1. The molecule has 0 spiro atoms. The van der Waals surface area contributed by atoms with Crippen molar-refractivity contribution in [1.29, 1.82) is 0 Å². The van der Waals surface area contributed by atoms with Gasteiger partial charge in [-0.2, -0.15) is 5.21 Å². The third-order valence-corrected chi connectivity index (χ3v) is 2.24. The normalized spacial score (nSPS) is 10.8. The summed E-state index contributed by atoms with van der Waals surface area (Å²) in [5, 5.41) is 13.4. The molecule has 0 bridgehead atoms. The number of benzene rings is 1. The van der Waals surface area contributed by atoms with E-state index in [1.165, 1.54) is 12.3 Å². The lowest BCUT2D eigenvalue weighted by Crippen LogP contribution is -2.04. The topological polar surface area (TPSA) is 84.7 Å². The first-order valence-electron chi connectivity index (χ1n) is 4.60. The van der Waals surface area contributed by atoms with Crippen molar-refractivity contribution in [2.75, 3.05) is 0 Å². The van der Waals surface area contributed by atoms with E-state index < -0.39 is 0 Å². The van der Waals surface area contributed by atoms with E-state index in [0.29, 0.717) is 22.7 Å². The first kappa shape index (κ1) is 8.78. The van der Waals surface area contributed by atoms with Crippen molar-refractivity contribution in [3.8, 4) is 22.7 Å². The highest BCUT2D eigenvalue weighted by atomic mass is 16.3. The van der Waals surface area contributed by atoms with Gasteiger partial charge in [0.1, 0.15) is 5.76 Å². The van der Waals surface area contributed by atoms with E-state index in [2.05, 4.69) is 20.6 Å². The van der Waals surface area contributed by atoms with Crippen molar-refractivity contribution in [3.63, 3.8) is 0 Å². The maximum atomic E-state index is 11.7. The van der Waals surface area contributed by atoms with Gasteiger partial charge in [0.05, 0.1) is 11.8 Å². The number of tetrazole rings is 1. The number of aromatic amines is 1. The number of hydrogen-bond acceptors (Lipinski definition) is 5. The highest BCUT2D eigenvalue weighted by Gasteiger charge is 2.12. The molecular formula is C10H6N4O2. The third kappa shape index (κ3) is 1.28. The van der Waals surface area contributed by atoms with Crippen LogP contribution in [-0.4, -0.2) is 20.6 Å². The van der Waals surface area contributed by atoms with E-state index in [1.807, 2.05) is 0 Å². The van der Waals surface area contributed by atoms with Crippen LogP contribution < -0.4 is 5.43 Å². The van der Waals surface area contributed by atoms with Crippen molar-refractivity contribution in [2.24, 2.45) is 0 Å². The minimum absolute atomic E-state index is 0.123. The predicted octanol–water partition coefficient (Wildman–Crippen LogP) is 0.925. The van der Waals surface area contributed by atoms with Crippen molar-refractivity contribution in [1.82, 2.24) is 20.6 Å². The number of H-pyrrole nitrogens is 1. The molecule has 0 aromatic carbocycles. The van der Waals surface area contributed by atoms with Crippen LogP contribution in [0.25, 0.3) is 22.7 Å². The lowest BCUT2D eigenvalue weighted by atomic mass is 10.1. The molecule has 0 saturated heterocycles. The van der Waals surface area contributed by atoms with Crippen LogP contribution in [0.4, 0.5) is 0 Å². The van der Waals surface area contributed by atoms with Crippen LogP contribution in [0.15, 0.2) is 39.7 Å². The van der Waals surface area contributed by atoms with Crippen LogP contribution in [0.1, 0.15) is 0 Å². The zero-order valence-electron chi connectivity index (χ0n) is 8.04. The summed E-state index contributed by atoms with van der Waals surface area (Å²) < 4.78 is 5.25. The Bertz CT molecular complexity index is 644. The molecule has 6 heteroatoms. The number of hydrogen-bond donors (Lipinski definition) is 1. The molecule has 1 aliphatic heterocycles. The van der Waals surface area contributed by atoms with E-state index in [9.17, 15) is 4.79 Å². The molecule has 1 N–H and O–H groups in total. The fourth-order valence-corrected chi connectivity index (χ4v) is 1.52. The van der Waals surface area contributed by atoms with Gasteiger partial charge in [-0.15, -0.1) is 10.2 Å². The monoisotopic (exact) mass is 214 g/mol. The van der Waals surface area contributed by atoms with E-state index >= 15 is 0 Å². The van der Waals surface area contributed by atoms with Crippen LogP contribution >= 0.6 is 0 Å². The average Bonchev–Trinajstić information content (AvgIpc) is 2.82. The zero-order chi connectivity index (χ0) is 11.0. The van der Waals surface area contributed by atoms with Crippen LogP contribution in [-0.2, 0) is 0 Å². The Morgan fingerprint density at radius 1 is 1.31 bits per heavy atom. The number of rotatable bonds is 1. The number of nitrogens with one attached hydrogen (secondary N) is 1. The lowest BCUT2D eigenvalue weighted by Gasteiger charge is -2.02. The van der Waals surface area contributed by atoms with Gasteiger partial charge in [-0.05, 0) is 29.5 Å². The molecular weight excluding hydrogens is 208 g/mol. The summed E-state index contributed by atoms with van der Waals surface area (Å²) in [6, 6.07) is 6.56. The Labute approximate surface area is 89.3 Å². The minimum Gasteiger partial charge on any atom is -0.464 e. The van der Waals surface area contributed by atoms with Crippen LogP contribution in [0, 0.1) is 0 Å². The molecule has 0 unspecified atom stereocenters. The Hall–Kier alpha value is -2.50. The molecule has 1 aromatic heterocycles. The minimum atomic E-state index is -0.123. The first-order chi connectivity index (χ1) is 7.84. The maximum absolute atomic E-state index is 11.7. The number of nitrogens with zero attached hydrogens (tertiary/aromatic N) is 3. The second kappa shape index (κ2) is 3.27. The molecule has 2 heterocycles. The summed E-state index contributed by atoms with van der Waals surface area (Å²) in [4.78, 5) is 11.7. The Morgan fingerprint density at radius 3 is 3.06 bits per heavy atom. The van der Waals surface area contributed by atoms with Gasteiger partial charge in [-0.25, -0.2) is 0 Å². The van der Waals surface area contributed by atoms with E-state index in [-0.39, 0.29) is 5.43 Å². The Kier molecular flexibility index (Phi) is 1.79. The van der Waals surface area contributed by atoms with Crippen molar-refractivity contribution in [3.05, 3.63) is 40.8 Å². The molecule has 3 rings (SSSR count). The quantitative estimate of drug-likeness (QED) is 0.651. The summed E-state index contributed by atoms with van der Waals surface area (Å²) in [5.74, 6) is 0.882. The molecule has 0 radical (unpaired) electrons. The van der Waals surface area contributed by atoms with Crippen molar-refractivity contribution in [2.45, 2.75) is 0 Å². The summed E-state index contributed by atoms with van der Waals surface area (Å²) in [7, 11) is 0. The van der Waals surface area contributed by atoms with Gasteiger partial charge in [0, 0.05) is 5.56 Å². The zero-order valence-corrected chi connectivity index (χ0v) is 8.04. The van der Waals surface area contributed by atoms with Gasteiger partial charge in [0.25, 0.3) is 0 Å². The smallest absolute Gasteiger partial charge is 0.204 e. The molecule has 16 heavy (non-hydrogen) atoms. The summed E-state index contributed by atoms with van der Waals surface area (Å²) in [6.45, 7) is 0. The summed E-state index contributed by atoms with van der Waals surface area (Å²) in [5.41, 5.74) is 0.998. The summed E-state index contributed by atoms with van der Waals surface area (Å²) in [6.07, 6.45) is 1.52. The van der Waals surface area contributed by atoms with Gasteiger partial charge in [-0.1, -0.05) is 0 Å². The van der Waals surface area contributed by atoms with Gasteiger partial charge in [-0.3, -0.25) is 4.79 Å². The second-order valence-electron chi connectivity index (χ2n) is 3.23.